The molecule has 1 aromatic carbocycles. The second-order valence-corrected chi connectivity index (χ2v) is 7.89. The lowest BCUT2D eigenvalue weighted by Crippen LogP contribution is -2.43. The van der Waals surface area contributed by atoms with Gasteiger partial charge in [-0.25, -0.2) is 0 Å². The van der Waals surface area contributed by atoms with Crippen LogP contribution in [0.15, 0.2) is 42.6 Å². The van der Waals surface area contributed by atoms with Gasteiger partial charge >= 0.3 is 0 Å². The molecule has 166 valence electrons. The average molecular weight is 426 g/mol. The number of hydrogen-bond donors (Lipinski definition) is 2. The van der Waals surface area contributed by atoms with Crippen molar-refractivity contribution in [2.45, 2.75) is 32.7 Å². The maximum absolute atomic E-state index is 12.9. The number of likely N-dealkylation sites (N-methyl/N-ethyl adjacent to an activating group) is 1. The first-order chi connectivity index (χ1) is 14.9. The van der Waals surface area contributed by atoms with Crippen molar-refractivity contribution >= 4 is 29.1 Å². The molecule has 31 heavy (non-hydrogen) atoms. The molecule has 0 radical (unpaired) electrons. The minimum Gasteiger partial charge on any atom is -0.353 e. The Balaban J connectivity index is 1.55. The van der Waals surface area contributed by atoms with E-state index in [0.717, 1.165) is 19.4 Å². The van der Waals surface area contributed by atoms with Crippen LogP contribution < -0.4 is 10.6 Å². The van der Waals surface area contributed by atoms with E-state index in [4.69, 9.17) is 0 Å². The van der Waals surface area contributed by atoms with Gasteiger partial charge in [-0.1, -0.05) is 0 Å². The minimum atomic E-state index is -0.247. The maximum atomic E-state index is 12.9. The Morgan fingerprint density at radius 2 is 1.77 bits per heavy atom. The summed E-state index contributed by atoms with van der Waals surface area (Å²) in [5, 5.41) is 5.49. The highest BCUT2D eigenvalue weighted by molar-refractivity contribution is 5.95. The summed E-state index contributed by atoms with van der Waals surface area (Å²) in [6, 6.07) is 11.2. The molecule has 3 amide bonds. The number of anilines is 2. The first kappa shape index (κ1) is 22.6. The lowest BCUT2D eigenvalue weighted by Gasteiger charge is -2.28. The first-order valence-corrected chi connectivity index (χ1v) is 10.7. The Bertz CT molecular complexity index is 922. The molecule has 8 nitrogen and oxygen atoms in total. The lowest BCUT2D eigenvalue weighted by atomic mass is 10.1. The van der Waals surface area contributed by atoms with Crippen LogP contribution in [0.3, 0.4) is 0 Å². The maximum Gasteiger partial charge on any atom is 0.243 e. The van der Waals surface area contributed by atoms with Crippen LogP contribution in [0.1, 0.15) is 38.4 Å². The topological polar surface area (TPSA) is 86.7 Å². The fourth-order valence-corrected chi connectivity index (χ4v) is 4.03. The predicted octanol–water partition coefficient (Wildman–Crippen LogP) is 2.61. The Kier molecular flexibility index (Phi) is 7.46. The summed E-state index contributed by atoms with van der Waals surface area (Å²) in [6.45, 7) is 4.98. The molecule has 3 rings (SSSR count). The van der Waals surface area contributed by atoms with E-state index in [1.807, 2.05) is 26.2 Å². The number of benzene rings is 1. The van der Waals surface area contributed by atoms with Gasteiger partial charge < -0.3 is 20.1 Å². The summed E-state index contributed by atoms with van der Waals surface area (Å²) >= 11 is 0. The van der Waals surface area contributed by atoms with Crippen molar-refractivity contribution in [3.63, 3.8) is 0 Å². The van der Waals surface area contributed by atoms with Gasteiger partial charge in [-0.2, -0.15) is 0 Å². The number of carbonyl (C=O) groups excluding carboxylic acids is 3. The van der Waals surface area contributed by atoms with Gasteiger partial charge in [0.05, 0.1) is 19.1 Å². The summed E-state index contributed by atoms with van der Waals surface area (Å²) in [4.78, 5) is 40.3. The van der Waals surface area contributed by atoms with Crippen molar-refractivity contribution in [2.24, 2.45) is 7.05 Å². The summed E-state index contributed by atoms with van der Waals surface area (Å²) in [7, 11) is 2.03. The van der Waals surface area contributed by atoms with E-state index in [0.29, 0.717) is 24.5 Å². The van der Waals surface area contributed by atoms with Crippen LogP contribution >= 0.6 is 0 Å². The zero-order valence-corrected chi connectivity index (χ0v) is 18.4. The molecular weight excluding hydrogens is 394 g/mol. The van der Waals surface area contributed by atoms with Gasteiger partial charge in [0.2, 0.25) is 17.7 Å². The third-order valence-corrected chi connectivity index (χ3v) is 5.59. The van der Waals surface area contributed by atoms with Crippen LogP contribution in [-0.2, 0) is 21.4 Å². The molecule has 0 saturated carbocycles. The molecule has 1 aromatic heterocycles. The smallest absolute Gasteiger partial charge is 0.243 e. The molecule has 8 heteroatoms. The van der Waals surface area contributed by atoms with Crippen LogP contribution in [-0.4, -0.2) is 58.3 Å². The molecule has 2 aromatic rings. The first-order valence-electron chi connectivity index (χ1n) is 10.7. The Labute approximate surface area is 183 Å². The third kappa shape index (κ3) is 5.95. The molecule has 0 unspecified atom stereocenters. The average Bonchev–Trinajstić information content (AvgIpc) is 3.35. The largest absolute Gasteiger partial charge is 0.353 e. The fraction of sp³-hybridized carbons (Fsp3) is 0.435. The van der Waals surface area contributed by atoms with Crippen molar-refractivity contribution in [3.05, 3.63) is 48.3 Å². The molecule has 0 bridgehead atoms. The number of aryl methyl sites for hydroxylation is 1. The molecule has 2 N–H and O–H groups in total. The van der Waals surface area contributed by atoms with Crippen LogP contribution in [0.25, 0.3) is 0 Å². The van der Waals surface area contributed by atoms with Gasteiger partial charge in [0.15, 0.2) is 0 Å². The van der Waals surface area contributed by atoms with Gasteiger partial charge in [-0.05, 0) is 62.7 Å². The Hall–Kier alpha value is -3.13. The van der Waals surface area contributed by atoms with Crippen molar-refractivity contribution < 1.29 is 14.4 Å². The number of amides is 3. The highest BCUT2D eigenvalue weighted by Gasteiger charge is 2.30. The summed E-state index contributed by atoms with van der Waals surface area (Å²) in [6.07, 6.45) is 4.12. The number of aromatic nitrogens is 1. The molecule has 1 atom stereocenters. The lowest BCUT2D eigenvalue weighted by molar-refractivity contribution is -0.135. The van der Waals surface area contributed by atoms with Gasteiger partial charge in [0.25, 0.3) is 0 Å². The van der Waals surface area contributed by atoms with Crippen molar-refractivity contribution in [1.82, 2.24) is 14.4 Å². The highest BCUT2D eigenvalue weighted by Crippen LogP contribution is 2.31. The van der Waals surface area contributed by atoms with Gasteiger partial charge in [0, 0.05) is 43.8 Å². The minimum absolute atomic E-state index is 0.00540. The van der Waals surface area contributed by atoms with Crippen molar-refractivity contribution in [2.75, 3.05) is 36.8 Å². The van der Waals surface area contributed by atoms with Crippen LogP contribution in [0.4, 0.5) is 11.4 Å². The van der Waals surface area contributed by atoms with E-state index < -0.39 is 0 Å². The van der Waals surface area contributed by atoms with Crippen LogP contribution in [0, 0.1) is 0 Å². The van der Waals surface area contributed by atoms with Gasteiger partial charge in [-0.3, -0.25) is 19.3 Å². The van der Waals surface area contributed by atoms with E-state index >= 15 is 0 Å². The van der Waals surface area contributed by atoms with Crippen molar-refractivity contribution in [3.8, 4) is 0 Å². The molecule has 1 fully saturated rings. The van der Waals surface area contributed by atoms with E-state index in [1.165, 1.54) is 12.6 Å². The number of hydrogen-bond acceptors (Lipinski definition) is 4. The third-order valence-electron chi connectivity index (χ3n) is 5.59. The van der Waals surface area contributed by atoms with Crippen LogP contribution in [0.5, 0.6) is 0 Å². The number of nitrogens with one attached hydrogen (secondary N) is 2. The number of rotatable bonds is 8. The molecule has 0 aliphatic carbocycles. The van der Waals surface area contributed by atoms with Gasteiger partial charge in [0.1, 0.15) is 0 Å². The quantitative estimate of drug-likeness (QED) is 0.681. The second-order valence-electron chi connectivity index (χ2n) is 7.89. The van der Waals surface area contributed by atoms with E-state index in [1.54, 1.807) is 29.2 Å². The van der Waals surface area contributed by atoms with E-state index in [9.17, 15) is 14.4 Å². The van der Waals surface area contributed by atoms with E-state index in [2.05, 4.69) is 26.2 Å². The highest BCUT2D eigenvalue weighted by atomic mass is 16.2. The molecule has 1 saturated heterocycles. The SMILES string of the molecule is CCN(CC(=O)Nc1ccc(NC(C)=O)cc1)C(=O)CN1CCC[C@H]1c1cccn1C. The second kappa shape index (κ2) is 10.3. The molecule has 1 aliphatic rings. The van der Waals surface area contributed by atoms with Gasteiger partial charge in [-0.15, -0.1) is 0 Å². The monoisotopic (exact) mass is 425 g/mol. The fourth-order valence-electron chi connectivity index (χ4n) is 4.03. The van der Waals surface area contributed by atoms with E-state index in [-0.39, 0.29) is 30.3 Å². The summed E-state index contributed by atoms with van der Waals surface area (Å²) in [5.74, 6) is -0.441. The summed E-state index contributed by atoms with van der Waals surface area (Å²) in [5.41, 5.74) is 2.49. The molecule has 2 heterocycles. The van der Waals surface area contributed by atoms with Crippen molar-refractivity contribution in [1.29, 1.82) is 0 Å². The number of carbonyl (C=O) groups is 3. The zero-order valence-electron chi connectivity index (χ0n) is 18.4. The van der Waals surface area contributed by atoms with Crippen LogP contribution in [0.2, 0.25) is 0 Å². The molecule has 1 aliphatic heterocycles. The zero-order chi connectivity index (χ0) is 22.4. The number of nitrogens with zero attached hydrogens (tertiary/aromatic N) is 3. The normalized spacial score (nSPS) is 16.2. The number of likely N-dealkylation sites (tertiary alicyclic amines) is 1. The molecular formula is C23H31N5O3. The molecule has 0 spiro atoms. The standard InChI is InChI=1S/C23H31N5O3/c1-4-27(15-22(30)25-19-11-9-18(10-12-19)24-17(2)29)23(31)16-28-14-6-8-21(28)20-7-5-13-26(20)3/h5,7,9-13,21H,4,6,8,14-16H2,1-3H3,(H,24,29)(H,25,30)/t21-/m0/s1. The Morgan fingerprint density at radius 1 is 1.10 bits per heavy atom. The summed E-state index contributed by atoms with van der Waals surface area (Å²) < 4.78 is 2.11. The predicted molar refractivity (Wildman–Crippen MR) is 121 cm³/mol. The Morgan fingerprint density at radius 3 is 2.35 bits per heavy atom.